The van der Waals surface area contributed by atoms with Crippen LogP contribution in [0, 0.1) is 13.8 Å². The zero-order chi connectivity index (χ0) is 18.8. The highest BCUT2D eigenvalue weighted by Crippen LogP contribution is 2.17. The van der Waals surface area contributed by atoms with Crippen molar-refractivity contribution in [2.75, 3.05) is 0 Å². The lowest BCUT2D eigenvalue weighted by atomic mass is 10.1. The molecule has 1 aromatic carbocycles. The summed E-state index contributed by atoms with van der Waals surface area (Å²) in [5, 5.41) is 12.4. The van der Waals surface area contributed by atoms with E-state index in [9.17, 15) is 13.2 Å². The van der Waals surface area contributed by atoms with Crippen molar-refractivity contribution < 1.29 is 13.2 Å². The van der Waals surface area contributed by atoms with Crippen LogP contribution in [-0.2, 0) is 28.3 Å². The molecule has 0 radical (unpaired) electrons. The topological polar surface area (TPSA) is 107 Å². The number of carbonyl (C=O) groups excluding carboxylic acids is 1. The van der Waals surface area contributed by atoms with Crippen LogP contribution >= 0.6 is 0 Å². The van der Waals surface area contributed by atoms with Crippen molar-refractivity contribution >= 4 is 15.9 Å². The Morgan fingerprint density at radius 3 is 2.36 bits per heavy atom. The molecule has 0 saturated carbocycles. The van der Waals surface area contributed by atoms with Gasteiger partial charge in [0.2, 0.25) is 15.9 Å². The molecule has 1 atom stereocenters. The Morgan fingerprint density at radius 1 is 1.28 bits per heavy atom. The first kappa shape index (κ1) is 19.1. The van der Waals surface area contributed by atoms with Crippen LogP contribution in [-0.4, -0.2) is 24.1 Å². The van der Waals surface area contributed by atoms with Gasteiger partial charge < -0.3 is 5.32 Å². The summed E-state index contributed by atoms with van der Waals surface area (Å²) in [7, 11) is -1.82. The number of aryl methyl sites for hydroxylation is 2. The van der Waals surface area contributed by atoms with E-state index < -0.39 is 10.0 Å². The molecule has 0 aliphatic rings. The van der Waals surface area contributed by atoms with Crippen molar-refractivity contribution in [3.05, 3.63) is 46.8 Å². The van der Waals surface area contributed by atoms with E-state index in [-0.39, 0.29) is 16.8 Å². The molecule has 0 fully saturated rings. The van der Waals surface area contributed by atoms with Gasteiger partial charge in [0.25, 0.3) is 0 Å². The highest BCUT2D eigenvalue weighted by atomic mass is 32.2. The molecule has 25 heavy (non-hydrogen) atoms. The minimum atomic E-state index is -3.71. The Kier molecular flexibility index (Phi) is 5.64. The molecule has 1 amide bonds. The quantitative estimate of drug-likeness (QED) is 0.810. The highest BCUT2D eigenvalue weighted by Gasteiger charge is 2.14. The maximum absolute atomic E-state index is 12.2. The molecule has 0 aliphatic carbocycles. The van der Waals surface area contributed by atoms with Crippen LogP contribution in [0.3, 0.4) is 0 Å². The first-order valence-electron chi connectivity index (χ1n) is 8.00. The molecule has 0 bridgehead atoms. The average molecular weight is 364 g/mol. The lowest BCUT2D eigenvalue weighted by molar-refractivity contribution is -0.121. The second kappa shape index (κ2) is 7.37. The molecular weight excluding hydrogens is 340 g/mol. The minimum absolute atomic E-state index is 0.0531. The van der Waals surface area contributed by atoms with E-state index in [1.807, 2.05) is 32.5 Å². The van der Waals surface area contributed by atoms with Gasteiger partial charge in [-0.25, -0.2) is 13.6 Å². The number of hydrogen-bond acceptors (Lipinski definition) is 4. The number of nitrogens with two attached hydrogens (primary N) is 1. The summed E-state index contributed by atoms with van der Waals surface area (Å²) in [6, 6.07) is 5.96. The molecule has 0 unspecified atom stereocenters. The molecule has 8 heteroatoms. The molecule has 2 rings (SSSR count). The number of aromatic nitrogens is 2. The molecule has 136 valence electrons. The number of nitrogens with zero attached hydrogens (tertiary/aromatic N) is 2. The monoisotopic (exact) mass is 364 g/mol. The fourth-order valence-corrected chi connectivity index (χ4v) is 3.28. The maximum Gasteiger partial charge on any atom is 0.238 e. The summed E-state index contributed by atoms with van der Waals surface area (Å²) in [6.07, 6.45) is 1.00. The third-order valence-corrected chi connectivity index (χ3v) is 5.28. The largest absolute Gasteiger partial charge is 0.350 e. The first-order valence-corrected chi connectivity index (χ1v) is 9.55. The molecule has 7 nitrogen and oxygen atoms in total. The fourth-order valence-electron chi connectivity index (χ4n) is 2.76. The minimum Gasteiger partial charge on any atom is -0.350 e. The normalized spacial score (nSPS) is 12.8. The van der Waals surface area contributed by atoms with Crippen molar-refractivity contribution in [2.45, 2.75) is 44.6 Å². The van der Waals surface area contributed by atoms with Crippen LogP contribution in [0.1, 0.15) is 41.9 Å². The van der Waals surface area contributed by atoms with E-state index in [2.05, 4.69) is 10.4 Å². The number of rotatable bonds is 6. The van der Waals surface area contributed by atoms with Gasteiger partial charge >= 0.3 is 0 Å². The van der Waals surface area contributed by atoms with Crippen molar-refractivity contribution in [1.82, 2.24) is 15.1 Å². The number of benzene rings is 1. The smallest absolute Gasteiger partial charge is 0.238 e. The Hall–Kier alpha value is -2.19. The maximum atomic E-state index is 12.2. The zero-order valence-corrected chi connectivity index (χ0v) is 15.7. The van der Waals surface area contributed by atoms with Gasteiger partial charge in [0, 0.05) is 19.2 Å². The standard InChI is InChI=1S/C17H24N4O3S/c1-11(14-5-7-15(8-6-14)25(18,23)24)19-17(22)10-9-16-12(2)20-21(4)13(16)3/h5-8,11H,9-10H2,1-4H3,(H,19,22)(H2,18,23,24)/t11-/m1/s1. The van der Waals surface area contributed by atoms with Crippen molar-refractivity contribution in [3.8, 4) is 0 Å². The summed E-state index contributed by atoms with van der Waals surface area (Å²) in [5.74, 6) is -0.0642. The summed E-state index contributed by atoms with van der Waals surface area (Å²) in [4.78, 5) is 12.3. The van der Waals surface area contributed by atoms with Crippen molar-refractivity contribution in [2.24, 2.45) is 12.2 Å². The number of carbonyl (C=O) groups is 1. The molecule has 1 heterocycles. The molecule has 2 aromatic rings. The van der Waals surface area contributed by atoms with Crippen LogP contribution in [0.4, 0.5) is 0 Å². The third kappa shape index (κ3) is 4.67. The van der Waals surface area contributed by atoms with Gasteiger partial charge in [0.05, 0.1) is 16.6 Å². The van der Waals surface area contributed by atoms with Crippen molar-refractivity contribution in [1.29, 1.82) is 0 Å². The predicted octanol–water partition coefficient (Wildman–Crippen LogP) is 1.49. The van der Waals surface area contributed by atoms with Gasteiger partial charge in [-0.1, -0.05) is 12.1 Å². The predicted molar refractivity (Wildman–Crippen MR) is 95.4 cm³/mol. The number of sulfonamides is 1. The van der Waals surface area contributed by atoms with Gasteiger partial charge in [-0.15, -0.1) is 0 Å². The average Bonchev–Trinajstić information content (AvgIpc) is 2.77. The number of nitrogens with one attached hydrogen (secondary N) is 1. The molecule has 0 spiro atoms. The molecule has 0 saturated heterocycles. The lowest BCUT2D eigenvalue weighted by Gasteiger charge is -2.15. The molecular formula is C17H24N4O3S. The Morgan fingerprint density at radius 2 is 1.88 bits per heavy atom. The zero-order valence-electron chi connectivity index (χ0n) is 14.9. The van der Waals surface area contributed by atoms with Crippen LogP contribution in [0.5, 0.6) is 0 Å². The van der Waals surface area contributed by atoms with Crippen LogP contribution in [0.25, 0.3) is 0 Å². The van der Waals surface area contributed by atoms with Crippen LogP contribution in [0.2, 0.25) is 0 Å². The summed E-state index contributed by atoms with van der Waals surface area (Å²) < 4.78 is 24.4. The molecule has 0 aliphatic heterocycles. The first-order chi connectivity index (χ1) is 11.6. The summed E-state index contributed by atoms with van der Waals surface area (Å²) in [6.45, 7) is 5.78. The van der Waals surface area contributed by atoms with Gasteiger partial charge in [-0.05, 0) is 50.5 Å². The van der Waals surface area contributed by atoms with E-state index >= 15 is 0 Å². The Balaban J connectivity index is 1.96. The number of hydrogen-bond donors (Lipinski definition) is 2. The van der Waals surface area contributed by atoms with E-state index in [1.165, 1.54) is 12.1 Å². The highest BCUT2D eigenvalue weighted by molar-refractivity contribution is 7.89. The van der Waals surface area contributed by atoms with E-state index in [0.717, 1.165) is 22.5 Å². The number of amides is 1. The molecule has 3 N–H and O–H groups in total. The Labute approximate surface area is 148 Å². The van der Waals surface area contributed by atoms with E-state index in [0.29, 0.717) is 12.8 Å². The molecule has 1 aromatic heterocycles. The third-order valence-electron chi connectivity index (χ3n) is 4.35. The number of primary sulfonamides is 1. The van der Waals surface area contributed by atoms with Crippen molar-refractivity contribution in [3.63, 3.8) is 0 Å². The van der Waals surface area contributed by atoms with Crippen LogP contribution in [0.15, 0.2) is 29.2 Å². The summed E-state index contributed by atoms with van der Waals surface area (Å²) >= 11 is 0. The second-order valence-corrected chi connectivity index (χ2v) is 7.74. The SMILES string of the molecule is Cc1nn(C)c(C)c1CCC(=O)N[C@H](C)c1ccc(S(N)(=O)=O)cc1. The van der Waals surface area contributed by atoms with Crippen LogP contribution < -0.4 is 10.5 Å². The van der Waals surface area contributed by atoms with E-state index in [4.69, 9.17) is 5.14 Å². The Bertz CT molecular complexity index is 870. The fraction of sp³-hybridized carbons (Fsp3) is 0.412. The lowest BCUT2D eigenvalue weighted by Crippen LogP contribution is -2.27. The summed E-state index contributed by atoms with van der Waals surface area (Å²) in [5.41, 5.74) is 3.92. The van der Waals surface area contributed by atoms with Gasteiger partial charge in [-0.2, -0.15) is 5.10 Å². The second-order valence-electron chi connectivity index (χ2n) is 6.18. The van der Waals surface area contributed by atoms with Gasteiger partial charge in [0.1, 0.15) is 0 Å². The van der Waals surface area contributed by atoms with Gasteiger partial charge in [-0.3, -0.25) is 9.48 Å². The van der Waals surface area contributed by atoms with E-state index in [1.54, 1.807) is 12.1 Å². The van der Waals surface area contributed by atoms with Gasteiger partial charge in [0.15, 0.2) is 0 Å².